The molecule has 3 rings (SSSR count). The second-order valence-electron chi connectivity index (χ2n) is 6.81. The van der Waals surface area contributed by atoms with Gasteiger partial charge in [-0.25, -0.2) is 13.8 Å². The van der Waals surface area contributed by atoms with Crippen molar-refractivity contribution in [1.82, 2.24) is 9.73 Å². The molecule has 0 unspecified atom stereocenters. The van der Waals surface area contributed by atoms with E-state index in [1.54, 1.807) is 36.4 Å². The highest BCUT2D eigenvalue weighted by atomic mass is 79.9. The molecule has 3 aromatic rings. The number of carbonyl (C=O) groups excluding carboxylic acids is 1. The lowest BCUT2D eigenvalue weighted by molar-refractivity contribution is -0.121. The monoisotopic (exact) mass is 569 g/mol. The molecule has 0 aromatic heterocycles. The molecule has 1 amide bonds. The molecule has 0 atom stereocenters. The van der Waals surface area contributed by atoms with Crippen LogP contribution in [0.5, 0.6) is 5.75 Å². The Kier molecular flexibility index (Phi) is 8.50. The summed E-state index contributed by atoms with van der Waals surface area (Å²) in [6, 6.07) is 17.1. The first kappa shape index (κ1) is 25.2. The van der Waals surface area contributed by atoms with Gasteiger partial charge in [0.15, 0.2) is 0 Å². The molecule has 0 radical (unpaired) electrons. The molecule has 0 heterocycles. The lowest BCUT2D eigenvalue weighted by Gasteiger charge is -2.22. The van der Waals surface area contributed by atoms with Crippen LogP contribution in [0.3, 0.4) is 0 Å². The highest BCUT2D eigenvalue weighted by molar-refractivity contribution is 9.10. The number of benzene rings is 3. The molecule has 0 bridgehead atoms. The maximum absolute atomic E-state index is 13.3. The highest BCUT2D eigenvalue weighted by Gasteiger charge is 2.27. The largest absolute Gasteiger partial charge is 0.507 e. The van der Waals surface area contributed by atoms with E-state index >= 15 is 0 Å². The molecule has 0 fully saturated rings. The highest BCUT2D eigenvalue weighted by Crippen LogP contribution is 2.23. The molecule has 3 aromatic carbocycles. The van der Waals surface area contributed by atoms with E-state index in [1.807, 2.05) is 0 Å². The molecule has 2 N–H and O–H groups in total. The number of hydrogen-bond acceptors (Lipinski definition) is 5. The smallest absolute Gasteiger partial charge is 0.255 e. The Morgan fingerprint density at radius 3 is 2.48 bits per heavy atom. The average molecular weight is 571 g/mol. The van der Waals surface area contributed by atoms with Gasteiger partial charge in [-0.1, -0.05) is 57.3 Å². The average Bonchev–Trinajstić information content (AvgIpc) is 2.77. The maximum Gasteiger partial charge on any atom is 0.255 e. The molecule has 0 saturated carbocycles. The molecule has 0 aliphatic rings. The third kappa shape index (κ3) is 6.78. The van der Waals surface area contributed by atoms with Crippen molar-refractivity contribution in [1.29, 1.82) is 0 Å². The summed E-state index contributed by atoms with van der Waals surface area (Å²) in [5, 5.41) is 14.4. The van der Waals surface area contributed by atoms with Crippen molar-refractivity contribution in [3.63, 3.8) is 0 Å². The second kappa shape index (κ2) is 11.1. The fourth-order valence-corrected chi connectivity index (χ4v) is 4.87. The predicted molar refractivity (Wildman–Crippen MR) is 132 cm³/mol. The van der Waals surface area contributed by atoms with Gasteiger partial charge in [-0.2, -0.15) is 9.41 Å². The van der Waals surface area contributed by atoms with Crippen LogP contribution in [0.4, 0.5) is 0 Å². The van der Waals surface area contributed by atoms with E-state index < -0.39 is 22.5 Å². The topological polar surface area (TPSA) is 99.1 Å². The van der Waals surface area contributed by atoms with E-state index in [-0.39, 0.29) is 17.2 Å². The van der Waals surface area contributed by atoms with E-state index in [2.05, 4.69) is 26.5 Å². The molecule has 7 nitrogen and oxygen atoms in total. The van der Waals surface area contributed by atoms with E-state index in [1.165, 1.54) is 36.5 Å². The number of phenolic OH excluding ortho intramolecular Hbond substituents is 1. The summed E-state index contributed by atoms with van der Waals surface area (Å²) in [7, 11) is -4.06. The molecule has 172 valence electrons. The van der Waals surface area contributed by atoms with Gasteiger partial charge in [0.2, 0.25) is 10.0 Å². The number of nitrogens with one attached hydrogen (secondary N) is 1. The minimum absolute atomic E-state index is 0.0192. The summed E-state index contributed by atoms with van der Waals surface area (Å²) < 4.78 is 28.2. The lowest BCUT2D eigenvalue weighted by Crippen LogP contribution is -2.39. The van der Waals surface area contributed by atoms with Crippen molar-refractivity contribution in [2.45, 2.75) is 11.4 Å². The zero-order valence-electron chi connectivity index (χ0n) is 17.0. The minimum Gasteiger partial charge on any atom is -0.507 e. The number of hydrogen-bond donors (Lipinski definition) is 2. The first-order valence-electron chi connectivity index (χ1n) is 9.46. The number of carbonyl (C=O) groups is 1. The Morgan fingerprint density at radius 2 is 1.79 bits per heavy atom. The number of aromatic hydroxyl groups is 1. The summed E-state index contributed by atoms with van der Waals surface area (Å²) in [5.74, 6) is -0.702. The van der Waals surface area contributed by atoms with Crippen LogP contribution >= 0.6 is 39.1 Å². The van der Waals surface area contributed by atoms with Crippen molar-refractivity contribution >= 4 is 61.3 Å². The molecule has 0 aliphatic carbocycles. The zero-order chi connectivity index (χ0) is 24.0. The van der Waals surface area contributed by atoms with Gasteiger partial charge in [0.25, 0.3) is 5.91 Å². The van der Waals surface area contributed by atoms with Crippen LogP contribution in [-0.4, -0.2) is 36.5 Å². The van der Waals surface area contributed by atoms with Gasteiger partial charge in [-0.3, -0.25) is 4.79 Å². The van der Waals surface area contributed by atoms with E-state index in [0.29, 0.717) is 25.6 Å². The van der Waals surface area contributed by atoms with Gasteiger partial charge < -0.3 is 5.11 Å². The van der Waals surface area contributed by atoms with Crippen molar-refractivity contribution in [2.24, 2.45) is 5.10 Å². The number of sulfonamides is 1. The number of halogens is 3. The standard InChI is InChI=1S/C22H18BrCl2N3O4S/c23-17-5-10-21(29)16(11-17)12-26-27-22(30)14-28(13-15-3-1-2-4-20(15)25)33(31,32)19-8-6-18(24)7-9-19/h1-12,29H,13-14H2,(H,27,30)/b26-12-. The van der Waals surface area contributed by atoms with Crippen LogP contribution in [0.15, 0.2) is 81.2 Å². The summed E-state index contributed by atoms with van der Waals surface area (Å²) >= 11 is 15.4. The Balaban J connectivity index is 1.82. The van der Waals surface area contributed by atoms with Crippen LogP contribution < -0.4 is 5.43 Å². The van der Waals surface area contributed by atoms with E-state index in [4.69, 9.17) is 23.2 Å². The lowest BCUT2D eigenvalue weighted by atomic mass is 10.2. The first-order chi connectivity index (χ1) is 15.7. The quantitative estimate of drug-likeness (QED) is 0.300. The van der Waals surface area contributed by atoms with Crippen LogP contribution in [0.2, 0.25) is 10.0 Å². The fourth-order valence-electron chi connectivity index (χ4n) is 2.80. The van der Waals surface area contributed by atoms with Gasteiger partial charge in [0, 0.05) is 26.6 Å². The molecular weight excluding hydrogens is 553 g/mol. The van der Waals surface area contributed by atoms with E-state index in [0.717, 1.165) is 4.31 Å². The van der Waals surface area contributed by atoms with Gasteiger partial charge in [0.1, 0.15) is 5.75 Å². The minimum atomic E-state index is -4.06. The number of nitrogens with zero attached hydrogens (tertiary/aromatic N) is 2. The first-order valence-corrected chi connectivity index (χ1v) is 12.5. The number of phenols is 1. The molecular formula is C22H18BrCl2N3O4S. The van der Waals surface area contributed by atoms with Crippen molar-refractivity contribution in [3.8, 4) is 5.75 Å². The maximum atomic E-state index is 13.3. The van der Waals surface area contributed by atoms with Crippen molar-refractivity contribution < 1.29 is 18.3 Å². The summed E-state index contributed by atoms with van der Waals surface area (Å²) in [6.07, 6.45) is 1.25. The number of rotatable bonds is 8. The molecule has 0 spiro atoms. The van der Waals surface area contributed by atoms with Crippen LogP contribution in [-0.2, 0) is 21.4 Å². The molecule has 33 heavy (non-hydrogen) atoms. The summed E-state index contributed by atoms with van der Waals surface area (Å²) in [5.41, 5.74) is 3.19. The van der Waals surface area contributed by atoms with E-state index in [9.17, 15) is 18.3 Å². The van der Waals surface area contributed by atoms with Crippen LogP contribution in [0, 0.1) is 0 Å². The zero-order valence-corrected chi connectivity index (χ0v) is 20.9. The molecule has 0 saturated heterocycles. The Hall–Kier alpha value is -2.43. The van der Waals surface area contributed by atoms with Crippen molar-refractivity contribution in [2.75, 3.05) is 6.54 Å². The number of amides is 1. The third-order valence-corrected chi connectivity index (χ3v) is 7.38. The third-order valence-electron chi connectivity index (χ3n) is 4.46. The van der Waals surface area contributed by atoms with Crippen molar-refractivity contribution in [3.05, 3.63) is 92.4 Å². The molecule has 0 aliphatic heterocycles. The van der Waals surface area contributed by atoms with Crippen LogP contribution in [0.1, 0.15) is 11.1 Å². The Bertz CT molecular complexity index is 1290. The summed E-state index contributed by atoms with van der Waals surface area (Å²) in [4.78, 5) is 12.5. The predicted octanol–water partition coefficient (Wildman–Crippen LogP) is 4.80. The van der Waals surface area contributed by atoms with Gasteiger partial charge in [-0.05, 0) is 54.1 Å². The fraction of sp³-hybridized carbons (Fsp3) is 0.0909. The van der Waals surface area contributed by atoms with Gasteiger partial charge in [-0.15, -0.1) is 0 Å². The Morgan fingerprint density at radius 1 is 1.09 bits per heavy atom. The SMILES string of the molecule is O=C(CN(Cc1ccccc1Cl)S(=O)(=O)c1ccc(Cl)cc1)N/N=C\c1cc(Br)ccc1O. The van der Waals surface area contributed by atoms with Gasteiger partial charge in [0.05, 0.1) is 17.7 Å². The van der Waals surface area contributed by atoms with Gasteiger partial charge >= 0.3 is 0 Å². The summed E-state index contributed by atoms with van der Waals surface area (Å²) in [6.45, 7) is -0.647. The number of hydrazone groups is 1. The second-order valence-corrected chi connectivity index (χ2v) is 10.5. The van der Waals surface area contributed by atoms with Crippen LogP contribution in [0.25, 0.3) is 0 Å². The normalized spacial score (nSPS) is 11.8. The Labute approximate surface area is 209 Å². The molecule has 11 heteroatoms.